The minimum atomic E-state index is 0. The molecular weight excluding hydrogens is 2340 g/mol. The number of hydrogen-bond acceptors (Lipinski definition) is 0. The Kier molecular flexibility index (Phi) is 50.5. The van der Waals surface area contributed by atoms with E-state index in [2.05, 4.69) is 444 Å². The van der Waals surface area contributed by atoms with Crippen LogP contribution in [0.4, 0.5) is 0 Å². The maximum atomic E-state index is 3.45. The van der Waals surface area contributed by atoms with Crippen LogP contribution in [-0.4, -0.2) is 0 Å². The number of hydrogen-bond donors (Lipinski definition) is 0. The molecule has 0 N–H and O–H groups in total. The van der Waals surface area contributed by atoms with Crippen molar-refractivity contribution in [2.24, 2.45) is 0 Å². The molecule has 8 radical (unpaired) electrons. The van der Waals surface area contributed by atoms with Gasteiger partial charge in [-0.05, 0) is 41.5 Å². The summed E-state index contributed by atoms with van der Waals surface area (Å²) in [7, 11) is 0. The second-order valence-corrected chi connectivity index (χ2v) is 33.7. The van der Waals surface area contributed by atoms with Crippen molar-refractivity contribution in [3.8, 4) is 89.0 Å². The first-order valence-corrected chi connectivity index (χ1v) is 45.8. The smallest absolute Gasteiger partial charge is 0 e. The first kappa shape index (κ1) is 120. The van der Waals surface area contributed by atoms with Gasteiger partial charge in [-0.25, -0.2) is 72.3 Å². The van der Waals surface area contributed by atoms with Gasteiger partial charge in [-0.2, -0.15) is 302 Å². The average Bonchev–Trinajstić information content (AvgIpc) is 0.761. The second-order valence-electron chi connectivity index (χ2n) is 33.7. The number of aryl methyl sites for hydroxylation is 8. The van der Waals surface area contributed by atoms with Crippen LogP contribution in [0.25, 0.3) is 175 Å². The van der Waals surface area contributed by atoms with Gasteiger partial charge in [-0.1, -0.05) is 185 Å². The summed E-state index contributed by atoms with van der Waals surface area (Å²) in [6.07, 6.45) is 0. The Morgan fingerprint density at radius 3 is 1.06 bits per heavy atom. The monoisotopic (exact) mass is 2440 g/mol. The zero-order valence-corrected chi connectivity index (χ0v) is 105. The molecule has 0 saturated heterocycles. The van der Waals surface area contributed by atoms with Crippen LogP contribution in [0.5, 0.6) is 0 Å². The Morgan fingerprint density at radius 2 is 0.514 bits per heavy atom. The molecule has 0 saturated carbocycles. The molecule has 0 amide bonds. The molecule has 0 aliphatic rings. The molecule has 0 bridgehead atoms. The van der Waals surface area contributed by atoms with Gasteiger partial charge >= 0.3 is 0 Å². The molecule has 24 aromatic carbocycles. The molecule has 8 heteroatoms. The van der Waals surface area contributed by atoms with Crippen molar-refractivity contribution in [2.75, 3.05) is 0 Å². The average molecular weight is 2440 g/mol. The molecule has 0 fully saturated rings. The van der Waals surface area contributed by atoms with Gasteiger partial charge in [-0.3, -0.25) is 0 Å². The first-order chi connectivity index (χ1) is 66.7. The molecule has 0 heterocycles. The Labute approximate surface area is 1050 Å². The fourth-order valence-corrected chi connectivity index (χ4v) is 16.6. The van der Waals surface area contributed by atoms with Gasteiger partial charge in [0.2, 0.25) is 0 Å². The van der Waals surface area contributed by atoms with Crippen molar-refractivity contribution < 1.29 is 262 Å². The van der Waals surface area contributed by atoms with Crippen LogP contribution in [0, 0.1) is 152 Å². The minimum Gasteiger partial charge on any atom is -0.226 e. The second kappa shape index (κ2) is 60.7. The van der Waals surface area contributed by atoms with E-state index in [1.165, 1.54) is 120 Å². The Hall–Kier alpha value is -7.81. The molecule has 24 aromatic rings. The molecule has 24 rings (SSSR count). The minimum absolute atomic E-state index is 0. The molecule has 0 aliphatic carbocycles. The van der Waals surface area contributed by atoms with E-state index in [0.717, 1.165) is 100.0 Å². The van der Waals surface area contributed by atoms with Crippen LogP contribution in [-0.2, 0) is 262 Å². The molecule has 144 heavy (non-hydrogen) atoms. The zero-order valence-electron chi connectivity index (χ0n) is 82.2. The van der Waals surface area contributed by atoms with Crippen LogP contribution >= 0.6 is 0 Å². The van der Waals surface area contributed by atoms with Crippen LogP contribution < -0.4 is 0 Å². The van der Waals surface area contributed by atoms with Gasteiger partial charge in [0.25, 0.3) is 0 Å². The van der Waals surface area contributed by atoms with Gasteiger partial charge in [0.1, 0.15) is 0 Å². The van der Waals surface area contributed by atoms with E-state index in [1.54, 1.807) is 0 Å². The standard InChI is InChI=1S/8C17H12.8Y/c1-13-6-4-9-15(12-13)17-11-5-8-14-7-2-3-10-16(14)17;1-13-7-5-12-17-15(13)10-6-11-16(17)14-8-3-2-4-9-14;1-13-6-5-9-16-12-15(10-11-17(13)16)14-7-3-2-4-8-14;1-13-11-12-16(14-7-3-2-4-8-14)17-10-6-5-9-15(13)17;2*1-13-7-8-17-12-16(10-9-15(17)11-13)14-5-3-2-4-6-14;2*1-13-7-8-15-9-10-16(12-17(15)11-13)14-5-3-2-4-6-14;;;;;;;;/h2-10H,1H3;2-8,10,12H,1H3;2*2-7,9-11H,1H3;2-5,7-9,11-12H,1H3;2-5,7-11H,1H3;2-5,7-9,11-12H,1H3;2-5,7-11H,1H3;;;;;;;;/q8*-2;;;;;;;;. The molecule has 0 aliphatic heterocycles. The van der Waals surface area contributed by atoms with E-state index in [4.69, 9.17) is 0 Å². The quantitative estimate of drug-likeness (QED) is 0.133. The largest absolute Gasteiger partial charge is 0.226 e. The van der Waals surface area contributed by atoms with E-state index >= 15 is 0 Å². The number of benzene rings is 24. The SMILES string of the molecule is Cc1[c-]c(-c2[c-]ccc3ccccc23)ccc1.Cc1c[c-]c(-c2[c-]cccc2)c2ccccc12.Cc1ccc2[c-]c(-c3[c-]cccc3)ccc2c1.Cc1ccc2c[c-]c(-c3[c-]cccc3)cc2c1.Cc1ccc2cc(-c3[c-]cccc3)[c-]cc2c1.Cc1ccc2ccc(-c3[c-]cccc3)[c-]c2c1.Cc1cccc2[c-]c(-c3[c-]cccc3)ccc12.Cc1cccc2c(-c3[c-]cccc3)[c-]ccc12.[Y].[Y].[Y].[Y].[Y].[Y].[Y].[Y]. The topological polar surface area (TPSA) is 0 Å². The van der Waals surface area contributed by atoms with E-state index in [0.29, 0.717) is 0 Å². The third-order valence-electron chi connectivity index (χ3n) is 23.7. The zero-order chi connectivity index (χ0) is 93.3. The van der Waals surface area contributed by atoms with Crippen molar-refractivity contribution in [3.63, 3.8) is 0 Å². The third-order valence-corrected chi connectivity index (χ3v) is 23.7. The molecule has 0 atom stereocenters. The summed E-state index contributed by atoms with van der Waals surface area (Å²) in [5.41, 5.74) is 27.8. The Bertz CT molecular complexity index is 7780. The molecular formula is C136H96Y8-16. The Morgan fingerprint density at radius 1 is 0.146 bits per heavy atom. The van der Waals surface area contributed by atoms with Crippen molar-refractivity contribution in [3.05, 3.63) is 578 Å². The van der Waals surface area contributed by atoms with Gasteiger partial charge in [0.15, 0.2) is 0 Å². The maximum absolute atomic E-state index is 3.45. The fraction of sp³-hybridized carbons (Fsp3) is 0.0588. The fourth-order valence-electron chi connectivity index (χ4n) is 16.6. The van der Waals surface area contributed by atoms with Crippen molar-refractivity contribution in [2.45, 2.75) is 55.4 Å². The third kappa shape index (κ3) is 32.6. The van der Waals surface area contributed by atoms with E-state index in [9.17, 15) is 0 Å². The summed E-state index contributed by atoms with van der Waals surface area (Å²) in [4.78, 5) is 0. The van der Waals surface area contributed by atoms with Crippen molar-refractivity contribution in [1.29, 1.82) is 0 Å². The summed E-state index contributed by atoms with van der Waals surface area (Å²) in [6, 6.07) is 202. The van der Waals surface area contributed by atoms with Crippen LogP contribution in [0.1, 0.15) is 44.5 Å². The summed E-state index contributed by atoms with van der Waals surface area (Å²) in [6.45, 7) is 16.9. The summed E-state index contributed by atoms with van der Waals surface area (Å²) in [5, 5.41) is 19.8. The maximum Gasteiger partial charge on any atom is 0 e. The molecule has 0 nitrogen and oxygen atoms in total. The predicted molar refractivity (Wildman–Crippen MR) is 574 cm³/mol. The number of fused-ring (bicyclic) bond motifs is 8. The van der Waals surface area contributed by atoms with Crippen LogP contribution in [0.15, 0.2) is 437 Å². The molecule has 0 unspecified atom stereocenters. The van der Waals surface area contributed by atoms with E-state index < -0.39 is 0 Å². The van der Waals surface area contributed by atoms with Crippen LogP contribution in [0.3, 0.4) is 0 Å². The van der Waals surface area contributed by atoms with Gasteiger partial charge in [-0.15, -0.1) is 209 Å². The number of rotatable bonds is 8. The predicted octanol–water partition coefficient (Wildman–Crippen LogP) is 35.3. The van der Waals surface area contributed by atoms with Crippen molar-refractivity contribution in [1.82, 2.24) is 0 Å². The van der Waals surface area contributed by atoms with Gasteiger partial charge in [0, 0.05) is 262 Å². The van der Waals surface area contributed by atoms with Crippen molar-refractivity contribution >= 4 is 86.2 Å². The molecule has 680 valence electrons. The molecule has 0 aromatic heterocycles. The summed E-state index contributed by atoms with van der Waals surface area (Å²) < 4.78 is 0. The van der Waals surface area contributed by atoms with E-state index in [1.807, 2.05) is 146 Å². The van der Waals surface area contributed by atoms with Gasteiger partial charge in [0.05, 0.1) is 0 Å². The summed E-state index contributed by atoms with van der Waals surface area (Å²) >= 11 is 0. The van der Waals surface area contributed by atoms with Gasteiger partial charge < -0.3 is 0 Å². The first-order valence-electron chi connectivity index (χ1n) is 45.8. The summed E-state index contributed by atoms with van der Waals surface area (Å²) in [5.74, 6) is 0. The van der Waals surface area contributed by atoms with Crippen LogP contribution in [0.2, 0.25) is 0 Å². The van der Waals surface area contributed by atoms with E-state index in [-0.39, 0.29) is 262 Å². The Balaban J connectivity index is 0.000000182. The molecule has 0 spiro atoms. The normalized spacial score (nSPS) is 10.1.